The second-order valence-corrected chi connectivity index (χ2v) is 6.97. The minimum absolute atomic E-state index is 0.300. The first-order chi connectivity index (χ1) is 7.94. The van der Waals surface area contributed by atoms with Crippen molar-refractivity contribution in [2.24, 2.45) is 5.41 Å². The fourth-order valence-corrected chi connectivity index (χ4v) is 2.63. The van der Waals surface area contributed by atoms with Crippen LogP contribution in [0.5, 0.6) is 0 Å². The molecule has 2 heterocycles. The van der Waals surface area contributed by atoms with E-state index in [1.54, 1.807) is 0 Å². The second-order valence-electron chi connectivity index (χ2n) is 5.43. The molecule has 3 heteroatoms. The van der Waals surface area contributed by atoms with Gasteiger partial charge in [-0.2, -0.15) is 0 Å². The van der Waals surface area contributed by atoms with E-state index in [2.05, 4.69) is 37.9 Å². The highest BCUT2D eigenvalue weighted by molar-refractivity contribution is 7.14. The molecule has 0 radical (unpaired) electrons. The Morgan fingerprint density at radius 1 is 1.29 bits per heavy atom. The van der Waals surface area contributed by atoms with Gasteiger partial charge in [-0.25, -0.2) is 0 Å². The fourth-order valence-electron chi connectivity index (χ4n) is 1.76. The molecule has 0 N–H and O–H groups in total. The molecule has 0 aromatic carbocycles. The Morgan fingerprint density at radius 2 is 2.06 bits per heavy atom. The van der Waals surface area contributed by atoms with Crippen LogP contribution in [0.25, 0.3) is 11.3 Å². The van der Waals surface area contributed by atoms with Crippen molar-refractivity contribution < 1.29 is 0 Å². The minimum atomic E-state index is 0.300. The summed E-state index contributed by atoms with van der Waals surface area (Å²) in [5.41, 5.74) is 3.67. The van der Waals surface area contributed by atoms with E-state index in [9.17, 15) is 0 Å². The topological polar surface area (TPSA) is 12.9 Å². The van der Waals surface area contributed by atoms with Gasteiger partial charge >= 0.3 is 0 Å². The molecule has 2 aromatic rings. The molecule has 2 aromatic heterocycles. The van der Waals surface area contributed by atoms with Crippen LogP contribution in [0.15, 0.2) is 29.8 Å². The quantitative estimate of drug-likeness (QED) is 0.740. The van der Waals surface area contributed by atoms with Crippen molar-refractivity contribution in [1.82, 2.24) is 4.98 Å². The summed E-state index contributed by atoms with van der Waals surface area (Å²) in [5, 5.41) is 2.04. The van der Waals surface area contributed by atoms with Gasteiger partial charge in [0.05, 0.1) is 10.0 Å². The fraction of sp³-hybridized carbons (Fsp3) is 0.357. The molecule has 90 valence electrons. The lowest BCUT2D eigenvalue weighted by molar-refractivity contribution is 0.411. The van der Waals surface area contributed by atoms with Crippen LogP contribution in [-0.2, 0) is 6.42 Å². The van der Waals surface area contributed by atoms with Crippen LogP contribution in [-0.4, -0.2) is 4.98 Å². The summed E-state index contributed by atoms with van der Waals surface area (Å²) in [5.74, 6) is 0. The second kappa shape index (κ2) is 4.79. The third-order valence-corrected chi connectivity index (χ3v) is 3.51. The molecular weight excluding hydrogens is 250 g/mol. The zero-order valence-corrected chi connectivity index (χ0v) is 11.9. The van der Waals surface area contributed by atoms with Crippen LogP contribution >= 0.6 is 22.9 Å². The maximum Gasteiger partial charge on any atom is 0.0935 e. The molecule has 0 aliphatic rings. The van der Waals surface area contributed by atoms with Crippen molar-refractivity contribution in [1.29, 1.82) is 0 Å². The molecule has 0 saturated carbocycles. The van der Waals surface area contributed by atoms with Gasteiger partial charge in [0.2, 0.25) is 0 Å². The van der Waals surface area contributed by atoms with Gasteiger partial charge in [0.15, 0.2) is 0 Å². The Morgan fingerprint density at radius 3 is 2.53 bits per heavy atom. The lowest BCUT2D eigenvalue weighted by Crippen LogP contribution is -2.09. The standard InChI is InChI=1S/C14H16ClNS/c1-14(2,3)7-10-4-5-12(16-8-10)11-6-13(15)17-9-11/h4-6,8-9H,7H2,1-3H3. The van der Waals surface area contributed by atoms with Crippen LogP contribution in [0, 0.1) is 5.41 Å². The Hall–Kier alpha value is -0.860. The Kier molecular flexibility index (Phi) is 3.55. The maximum absolute atomic E-state index is 5.92. The van der Waals surface area contributed by atoms with Crippen molar-refractivity contribution in [3.8, 4) is 11.3 Å². The van der Waals surface area contributed by atoms with E-state index in [-0.39, 0.29) is 0 Å². The van der Waals surface area contributed by atoms with Crippen LogP contribution in [0.4, 0.5) is 0 Å². The van der Waals surface area contributed by atoms with Gasteiger partial charge < -0.3 is 0 Å². The highest BCUT2D eigenvalue weighted by atomic mass is 35.5. The third kappa shape index (κ3) is 3.55. The summed E-state index contributed by atoms with van der Waals surface area (Å²) in [6.07, 6.45) is 3.01. The molecule has 0 bridgehead atoms. The largest absolute Gasteiger partial charge is 0.256 e. The van der Waals surface area contributed by atoms with Gasteiger partial charge in [-0.05, 0) is 29.5 Å². The summed E-state index contributed by atoms with van der Waals surface area (Å²) in [4.78, 5) is 4.49. The van der Waals surface area contributed by atoms with Crippen LogP contribution in [0.3, 0.4) is 0 Å². The zero-order chi connectivity index (χ0) is 12.5. The molecule has 2 rings (SSSR count). The van der Waals surface area contributed by atoms with E-state index >= 15 is 0 Å². The zero-order valence-electron chi connectivity index (χ0n) is 10.3. The molecule has 0 aliphatic carbocycles. The molecule has 0 aliphatic heterocycles. The summed E-state index contributed by atoms with van der Waals surface area (Å²) in [7, 11) is 0. The lowest BCUT2D eigenvalue weighted by atomic mass is 9.89. The van der Waals surface area contributed by atoms with E-state index in [4.69, 9.17) is 11.6 Å². The number of nitrogens with zero attached hydrogens (tertiary/aromatic N) is 1. The van der Waals surface area contributed by atoms with Crippen LogP contribution in [0.2, 0.25) is 4.34 Å². The molecule has 0 amide bonds. The lowest BCUT2D eigenvalue weighted by Gasteiger charge is -2.17. The molecule has 0 fully saturated rings. The number of hydrogen-bond donors (Lipinski definition) is 0. The minimum Gasteiger partial charge on any atom is -0.256 e. The van der Waals surface area contributed by atoms with Crippen molar-refractivity contribution in [2.45, 2.75) is 27.2 Å². The summed E-state index contributed by atoms with van der Waals surface area (Å²) in [6, 6.07) is 6.18. The van der Waals surface area contributed by atoms with Gasteiger partial charge in [0, 0.05) is 17.1 Å². The Balaban J connectivity index is 2.19. The van der Waals surface area contributed by atoms with Gasteiger partial charge in [0.1, 0.15) is 0 Å². The SMILES string of the molecule is CC(C)(C)Cc1ccc(-c2csc(Cl)c2)nc1. The summed E-state index contributed by atoms with van der Waals surface area (Å²) in [6.45, 7) is 6.71. The Labute approximate surface area is 111 Å². The first kappa shape index (κ1) is 12.6. The van der Waals surface area contributed by atoms with Gasteiger partial charge in [-0.1, -0.05) is 38.4 Å². The Bertz CT molecular complexity index is 494. The van der Waals surface area contributed by atoms with Crippen molar-refractivity contribution in [2.75, 3.05) is 0 Å². The van der Waals surface area contributed by atoms with Crippen LogP contribution < -0.4 is 0 Å². The monoisotopic (exact) mass is 265 g/mol. The molecule has 0 saturated heterocycles. The number of halogens is 1. The average molecular weight is 266 g/mol. The van der Waals surface area contributed by atoms with E-state index in [0.717, 1.165) is 22.0 Å². The normalized spacial score (nSPS) is 11.8. The van der Waals surface area contributed by atoms with Crippen molar-refractivity contribution in [3.05, 3.63) is 39.7 Å². The van der Waals surface area contributed by atoms with E-state index < -0.39 is 0 Å². The number of pyridine rings is 1. The molecule has 1 nitrogen and oxygen atoms in total. The van der Waals surface area contributed by atoms with E-state index in [1.165, 1.54) is 16.9 Å². The third-order valence-electron chi connectivity index (χ3n) is 2.42. The highest BCUT2D eigenvalue weighted by Gasteiger charge is 2.11. The predicted octanol–water partition coefficient (Wildman–Crippen LogP) is 5.05. The van der Waals surface area contributed by atoms with Crippen LogP contribution in [0.1, 0.15) is 26.3 Å². The smallest absolute Gasteiger partial charge is 0.0935 e. The van der Waals surface area contributed by atoms with Gasteiger partial charge in [-0.3, -0.25) is 4.98 Å². The van der Waals surface area contributed by atoms with E-state index in [1.807, 2.05) is 17.6 Å². The van der Waals surface area contributed by atoms with E-state index in [0.29, 0.717) is 5.41 Å². The molecule has 0 atom stereocenters. The van der Waals surface area contributed by atoms with Gasteiger partial charge in [-0.15, -0.1) is 11.3 Å². The van der Waals surface area contributed by atoms with Crippen molar-refractivity contribution >= 4 is 22.9 Å². The highest BCUT2D eigenvalue weighted by Crippen LogP contribution is 2.28. The number of thiophene rings is 1. The van der Waals surface area contributed by atoms with Crippen molar-refractivity contribution in [3.63, 3.8) is 0 Å². The first-order valence-electron chi connectivity index (χ1n) is 5.63. The number of rotatable bonds is 2. The summed E-state index contributed by atoms with van der Waals surface area (Å²) < 4.78 is 0.806. The molecule has 17 heavy (non-hydrogen) atoms. The average Bonchev–Trinajstić information content (AvgIpc) is 2.63. The number of hydrogen-bond acceptors (Lipinski definition) is 2. The molecule has 0 spiro atoms. The molecule has 0 unspecified atom stereocenters. The predicted molar refractivity (Wildman–Crippen MR) is 75.7 cm³/mol. The molecular formula is C14H16ClNS. The summed E-state index contributed by atoms with van der Waals surface area (Å²) >= 11 is 7.46. The number of aromatic nitrogens is 1. The first-order valence-corrected chi connectivity index (χ1v) is 6.89. The van der Waals surface area contributed by atoms with Gasteiger partial charge in [0.25, 0.3) is 0 Å². The maximum atomic E-state index is 5.92.